The summed E-state index contributed by atoms with van der Waals surface area (Å²) in [5.74, 6) is -3.75. The van der Waals surface area contributed by atoms with Gasteiger partial charge in [-0.05, 0) is 72.1 Å². The molecule has 2 N–H and O–H groups in total. The van der Waals surface area contributed by atoms with E-state index in [9.17, 15) is 28.3 Å². The van der Waals surface area contributed by atoms with E-state index in [4.69, 9.17) is 9.26 Å². The van der Waals surface area contributed by atoms with Gasteiger partial charge >= 0.3 is 5.97 Å². The fourth-order valence-electron chi connectivity index (χ4n) is 5.49. The molecule has 6 aromatic rings. The van der Waals surface area contributed by atoms with Crippen molar-refractivity contribution in [2.45, 2.75) is 33.7 Å². The summed E-state index contributed by atoms with van der Waals surface area (Å²) < 4.78 is 39.0. The summed E-state index contributed by atoms with van der Waals surface area (Å²) in [5, 5.41) is 16.2. The second kappa shape index (κ2) is 17.7. The molecule has 10 nitrogen and oxygen atoms in total. The van der Waals surface area contributed by atoms with Crippen LogP contribution in [0.2, 0.25) is 0 Å². The summed E-state index contributed by atoms with van der Waals surface area (Å²) in [6.07, 6.45) is -0.586. The van der Waals surface area contributed by atoms with Crippen molar-refractivity contribution in [3.8, 4) is 39.7 Å². The van der Waals surface area contributed by atoms with Crippen molar-refractivity contribution in [1.29, 1.82) is 0 Å². The number of hydrogen-bond donors (Lipinski definition) is 2. The molecule has 0 aliphatic rings. The molecule has 0 saturated carbocycles. The van der Waals surface area contributed by atoms with E-state index in [1.54, 1.807) is 24.3 Å². The van der Waals surface area contributed by atoms with Crippen molar-refractivity contribution >= 4 is 23.5 Å². The topological polar surface area (TPSA) is 135 Å². The van der Waals surface area contributed by atoms with E-state index in [0.717, 1.165) is 28.8 Å². The van der Waals surface area contributed by atoms with Crippen LogP contribution >= 0.6 is 0 Å². The molecule has 0 saturated heterocycles. The van der Waals surface area contributed by atoms with Crippen LogP contribution in [-0.4, -0.2) is 51.6 Å². The van der Waals surface area contributed by atoms with Crippen LogP contribution in [-0.2, 0) is 22.6 Å². The number of nitrogens with one attached hydrogen (secondary N) is 1. The van der Waals surface area contributed by atoms with Crippen molar-refractivity contribution in [1.82, 2.24) is 15.0 Å². The molecule has 0 atom stereocenters. The first-order chi connectivity index (χ1) is 26.1. The standard InChI is InChI=1S/C40H32F2N4O6.C2H6/c1-24-3-7-26(8-4-24)27-11-13-29(14-12-27)39-44-38(45-52-39)28-9-5-25(6-10-28)22-46(23-36(48)49)40(50)30-15-17-31(18-16-30)43-35(47)21-32-33(41)19-20-34(51-2)37(32)42;1-2/h3-20H,21-23H2,1-2H3,(H,43,47)(H,48,49);1-2H3. The Labute approximate surface area is 311 Å². The number of methoxy groups -OCH3 is 1. The van der Waals surface area contributed by atoms with Gasteiger partial charge < -0.3 is 24.6 Å². The fraction of sp³-hybridized carbons (Fsp3) is 0.167. The van der Waals surface area contributed by atoms with Crippen LogP contribution in [0.25, 0.3) is 34.0 Å². The van der Waals surface area contributed by atoms with Crippen molar-refractivity contribution in [2.75, 3.05) is 19.0 Å². The largest absolute Gasteiger partial charge is 0.494 e. The second-order valence-corrected chi connectivity index (χ2v) is 12.0. The summed E-state index contributed by atoms with van der Waals surface area (Å²) in [5.41, 5.74) is 5.46. The number of carbonyl (C=O) groups excluding carboxylic acids is 2. The molecule has 276 valence electrons. The molecule has 0 fully saturated rings. The molecule has 0 unspecified atom stereocenters. The van der Waals surface area contributed by atoms with Crippen molar-refractivity contribution in [3.05, 3.63) is 143 Å². The van der Waals surface area contributed by atoms with Crippen LogP contribution in [0.15, 0.2) is 114 Å². The Hall–Kier alpha value is -6.69. The predicted molar refractivity (Wildman–Crippen MR) is 201 cm³/mol. The van der Waals surface area contributed by atoms with Gasteiger partial charge in [-0.2, -0.15) is 4.98 Å². The van der Waals surface area contributed by atoms with Gasteiger partial charge in [0.05, 0.1) is 13.5 Å². The third kappa shape index (κ3) is 9.39. The Morgan fingerprint density at radius 3 is 2.00 bits per heavy atom. The van der Waals surface area contributed by atoms with Crippen molar-refractivity contribution < 1.29 is 37.5 Å². The average molecular weight is 733 g/mol. The van der Waals surface area contributed by atoms with Gasteiger partial charge in [0.25, 0.3) is 11.8 Å². The number of anilines is 1. The lowest BCUT2D eigenvalue weighted by molar-refractivity contribution is -0.137. The minimum absolute atomic E-state index is 0.00755. The Kier molecular flexibility index (Phi) is 12.6. The quantitative estimate of drug-likeness (QED) is 0.128. The lowest BCUT2D eigenvalue weighted by Gasteiger charge is -2.21. The van der Waals surface area contributed by atoms with Crippen LogP contribution in [0.4, 0.5) is 14.5 Å². The van der Waals surface area contributed by atoms with Crippen LogP contribution in [0.5, 0.6) is 5.75 Å². The third-order valence-electron chi connectivity index (χ3n) is 8.27. The van der Waals surface area contributed by atoms with Gasteiger partial charge in [0.1, 0.15) is 12.4 Å². The SMILES string of the molecule is CC.COc1ccc(F)c(CC(=O)Nc2ccc(C(=O)N(CC(=O)O)Cc3ccc(-c4noc(-c5ccc(-c6ccc(C)cc6)cc5)n4)cc3)cc2)c1F. The first-order valence-electron chi connectivity index (χ1n) is 17.1. The Balaban J connectivity index is 0.00000276. The van der Waals surface area contributed by atoms with Gasteiger partial charge in [-0.25, -0.2) is 8.78 Å². The summed E-state index contributed by atoms with van der Waals surface area (Å²) >= 11 is 0. The Bertz CT molecular complexity index is 2220. The monoisotopic (exact) mass is 732 g/mol. The zero-order valence-corrected chi connectivity index (χ0v) is 30.1. The molecule has 0 aliphatic heterocycles. The van der Waals surface area contributed by atoms with Gasteiger partial charge in [-0.3, -0.25) is 14.4 Å². The molecule has 1 heterocycles. The molecular formula is C42H38F2N4O6. The summed E-state index contributed by atoms with van der Waals surface area (Å²) in [6.45, 7) is 5.47. The van der Waals surface area contributed by atoms with E-state index in [0.29, 0.717) is 22.8 Å². The number of amides is 2. The predicted octanol–water partition coefficient (Wildman–Crippen LogP) is 8.60. The lowest BCUT2D eigenvalue weighted by Crippen LogP contribution is -2.35. The highest BCUT2D eigenvalue weighted by molar-refractivity contribution is 5.97. The van der Waals surface area contributed by atoms with E-state index < -0.39 is 47.9 Å². The highest BCUT2D eigenvalue weighted by Gasteiger charge is 2.21. The van der Waals surface area contributed by atoms with Crippen LogP contribution in [0.1, 0.15) is 40.9 Å². The third-order valence-corrected chi connectivity index (χ3v) is 8.27. The van der Waals surface area contributed by atoms with Crippen molar-refractivity contribution in [2.24, 2.45) is 0 Å². The molecule has 5 aromatic carbocycles. The van der Waals surface area contributed by atoms with Gasteiger partial charge in [-0.1, -0.05) is 85.2 Å². The van der Waals surface area contributed by atoms with Gasteiger partial charge in [0, 0.05) is 34.5 Å². The number of benzene rings is 5. The Morgan fingerprint density at radius 1 is 0.796 bits per heavy atom. The van der Waals surface area contributed by atoms with Crippen molar-refractivity contribution in [3.63, 3.8) is 0 Å². The average Bonchev–Trinajstić information content (AvgIpc) is 3.68. The fourth-order valence-corrected chi connectivity index (χ4v) is 5.49. The first-order valence-corrected chi connectivity index (χ1v) is 17.1. The maximum Gasteiger partial charge on any atom is 0.323 e. The number of carboxylic acids is 1. The zero-order chi connectivity index (χ0) is 38.8. The highest BCUT2D eigenvalue weighted by Crippen LogP contribution is 2.27. The van der Waals surface area contributed by atoms with Gasteiger partial charge in [0.15, 0.2) is 11.6 Å². The number of rotatable bonds is 12. The molecule has 2 amide bonds. The minimum atomic E-state index is -1.20. The van der Waals surface area contributed by atoms with E-state index in [-0.39, 0.29) is 23.5 Å². The molecule has 1 aromatic heterocycles. The number of aliphatic carboxylic acids is 1. The number of aromatic nitrogens is 2. The number of halogens is 2. The normalized spacial score (nSPS) is 10.6. The number of aryl methyl sites for hydroxylation is 1. The van der Waals surface area contributed by atoms with E-state index in [1.807, 2.05) is 45.0 Å². The second-order valence-electron chi connectivity index (χ2n) is 12.0. The molecule has 0 aliphatic carbocycles. The summed E-state index contributed by atoms with van der Waals surface area (Å²) in [4.78, 5) is 43.3. The number of carboxylic acid groups (broad SMARTS) is 1. The van der Waals surface area contributed by atoms with E-state index >= 15 is 0 Å². The molecule has 0 radical (unpaired) electrons. The van der Waals surface area contributed by atoms with Crippen LogP contribution in [0.3, 0.4) is 0 Å². The summed E-state index contributed by atoms with van der Waals surface area (Å²) in [7, 11) is 1.23. The molecule has 0 bridgehead atoms. The molecular weight excluding hydrogens is 694 g/mol. The van der Waals surface area contributed by atoms with Gasteiger partial charge in [-0.15, -0.1) is 0 Å². The van der Waals surface area contributed by atoms with Crippen LogP contribution in [0, 0.1) is 18.6 Å². The Morgan fingerprint density at radius 2 is 1.39 bits per heavy atom. The zero-order valence-electron chi connectivity index (χ0n) is 30.1. The smallest absolute Gasteiger partial charge is 0.323 e. The number of hydrogen-bond acceptors (Lipinski definition) is 7. The molecule has 12 heteroatoms. The number of carbonyl (C=O) groups is 3. The highest BCUT2D eigenvalue weighted by atomic mass is 19.1. The lowest BCUT2D eigenvalue weighted by atomic mass is 10.0. The minimum Gasteiger partial charge on any atom is -0.494 e. The maximum absolute atomic E-state index is 14.5. The summed E-state index contributed by atoms with van der Waals surface area (Å²) in [6, 6.07) is 31.0. The maximum atomic E-state index is 14.5. The number of nitrogens with zero attached hydrogens (tertiary/aromatic N) is 3. The van der Waals surface area contributed by atoms with Gasteiger partial charge in [0.2, 0.25) is 11.7 Å². The number of ether oxygens (including phenoxy) is 1. The molecule has 0 spiro atoms. The van der Waals surface area contributed by atoms with Crippen LogP contribution < -0.4 is 10.1 Å². The molecule has 6 rings (SSSR count). The van der Waals surface area contributed by atoms with E-state index in [1.165, 1.54) is 41.8 Å². The first kappa shape index (κ1) is 38.5. The van der Waals surface area contributed by atoms with E-state index in [2.05, 4.69) is 39.7 Å². The molecule has 54 heavy (non-hydrogen) atoms.